The zero-order chi connectivity index (χ0) is 22.8. The Labute approximate surface area is 207 Å². The fourth-order valence-corrected chi connectivity index (χ4v) is 5.42. The number of hydrogen-bond acceptors (Lipinski definition) is 3. The monoisotopic (exact) mass is 492 g/mol. The fourth-order valence-electron chi connectivity index (χ4n) is 4.55. The van der Waals surface area contributed by atoms with Gasteiger partial charge in [-0.15, -0.1) is 11.3 Å². The molecule has 0 bridgehead atoms. The van der Waals surface area contributed by atoms with Crippen molar-refractivity contribution < 1.29 is 4.79 Å². The van der Waals surface area contributed by atoms with Crippen LogP contribution in [0.4, 0.5) is 0 Å². The SMILES string of the molecule is O=C(/C=C/c1cccs1)N1N=C2/C(=C\c3ccc(Cl)cc3)CCC[C@@H]2[C@H]1c1ccc(Cl)cc1. The van der Waals surface area contributed by atoms with E-state index >= 15 is 0 Å². The van der Waals surface area contributed by atoms with Gasteiger partial charge in [-0.3, -0.25) is 4.79 Å². The van der Waals surface area contributed by atoms with Crippen molar-refractivity contribution in [2.75, 3.05) is 0 Å². The molecule has 2 atom stereocenters. The van der Waals surface area contributed by atoms with Crippen LogP contribution in [0.15, 0.2) is 82.8 Å². The molecule has 1 aliphatic heterocycles. The van der Waals surface area contributed by atoms with Crippen LogP contribution in [0.3, 0.4) is 0 Å². The molecule has 0 spiro atoms. The zero-order valence-corrected chi connectivity index (χ0v) is 20.2. The maximum atomic E-state index is 13.3. The van der Waals surface area contributed by atoms with E-state index in [0.29, 0.717) is 10.0 Å². The topological polar surface area (TPSA) is 32.7 Å². The molecule has 2 aliphatic rings. The molecule has 0 unspecified atom stereocenters. The lowest BCUT2D eigenvalue weighted by molar-refractivity contribution is -0.128. The summed E-state index contributed by atoms with van der Waals surface area (Å²) in [6.07, 6.45) is 8.65. The second-order valence-electron chi connectivity index (χ2n) is 8.23. The number of hydrazone groups is 1. The second kappa shape index (κ2) is 9.68. The van der Waals surface area contributed by atoms with Gasteiger partial charge in [0.2, 0.25) is 0 Å². The quantitative estimate of drug-likeness (QED) is 0.340. The van der Waals surface area contributed by atoms with E-state index in [1.807, 2.05) is 72.1 Å². The standard InChI is InChI=1S/C27H22Cl2N2OS/c28-21-10-6-18(7-11-21)17-20-3-1-5-24-26(20)30-31(25(32)15-14-23-4-2-16-33-23)27(24)19-8-12-22(29)13-9-19/h2,4,6-17,24,27H,1,3,5H2/b15-14+,20-17-/t24-,27+/m0/s1. The molecular formula is C27H22Cl2N2OS. The van der Waals surface area contributed by atoms with Gasteiger partial charge < -0.3 is 0 Å². The summed E-state index contributed by atoms with van der Waals surface area (Å²) in [7, 11) is 0. The van der Waals surface area contributed by atoms with Crippen LogP contribution in [0.1, 0.15) is 41.3 Å². The highest BCUT2D eigenvalue weighted by Gasteiger charge is 2.43. The first-order valence-corrected chi connectivity index (χ1v) is 12.6. The van der Waals surface area contributed by atoms with Crippen molar-refractivity contribution >= 4 is 58.3 Å². The summed E-state index contributed by atoms with van der Waals surface area (Å²) in [4.78, 5) is 14.4. The predicted molar refractivity (Wildman–Crippen MR) is 139 cm³/mol. The molecule has 1 saturated carbocycles. The van der Waals surface area contributed by atoms with Crippen LogP contribution < -0.4 is 0 Å². The molecule has 0 N–H and O–H groups in total. The number of benzene rings is 2. The molecule has 0 radical (unpaired) electrons. The van der Waals surface area contributed by atoms with Gasteiger partial charge in [0.05, 0.1) is 11.8 Å². The lowest BCUT2D eigenvalue weighted by Crippen LogP contribution is -2.30. The van der Waals surface area contributed by atoms with Crippen LogP contribution in [0, 0.1) is 5.92 Å². The van der Waals surface area contributed by atoms with Crippen molar-refractivity contribution in [3.05, 3.63) is 104 Å². The Morgan fingerprint density at radius 3 is 2.45 bits per heavy atom. The minimum atomic E-state index is -0.147. The molecule has 2 aromatic carbocycles. The van der Waals surface area contributed by atoms with Crippen LogP contribution >= 0.6 is 34.5 Å². The number of nitrogens with zero attached hydrogens (tertiary/aromatic N) is 2. The maximum absolute atomic E-state index is 13.3. The number of thiophene rings is 1. The Hall–Kier alpha value is -2.66. The summed E-state index contributed by atoms with van der Waals surface area (Å²) in [5, 5.41) is 9.97. The smallest absolute Gasteiger partial charge is 0.267 e. The summed E-state index contributed by atoms with van der Waals surface area (Å²) in [5.74, 6) is 0.0358. The van der Waals surface area contributed by atoms with Crippen LogP contribution in [0.5, 0.6) is 0 Å². The molecule has 33 heavy (non-hydrogen) atoms. The van der Waals surface area contributed by atoms with Crippen molar-refractivity contribution in [2.45, 2.75) is 25.3 Å². The van der Waals surface area contributed by atoms with Crippen molar-refractivity contribution in [3.8, 4) is 0 Å². The largest absolute Gasteiger partial charge is 0.268 e. The van der Waals surface area contributed by atoms with Gasteiger partial charge in [-0.2, -0.15) is 5.10 Å². The highest BCUT2D eigenvalue weighted by Crippen LogP contribution is 2.44. The molecule has 3 aromatic rings. The van der Waals surface area contributed by atoms with Gasteiger partial charge >= 0.3 is 0 Å². The zero-order valence-electron chi connectivity index (χ0n) is 17.8. The lowest BCUT2D eigenvalue weighted by atomic mass is 9.77. The average Bonchev–Trinajstić information content (AvgIpc) is 3.48. The Morgan fingerprint density at radius 1 is 1.03 bits per heavy atom. The summed E-state index contributed by atoms with van der Waals surface area (Å²) >= 11 is 13.8. The van der Waals surface area contributed by atoms with Crippen LogP contribution in [0.25, 0.3) is 12.2 Å². The molecule has 1 amide bonds. The lowest BCUT2D eigenvalue weighted by Gasteiger charge is -2.29. The van der Waals surface area contributed by atoms with Crippen LogP contribution in [-0.2, 0) is 4.79 Å². The number of hydrogen-bond donors (Lipinski definition) is 0. The van der Waals surface area contributed by atoms with E-state index in [-0.39, 0.29) is 17.9 Å². The predicted octanol–water partition coefficient (Wildman–Crippen LogP) is 7.89. The summed E-state index contributed by atoms with van der Waals surface area (Å²) in [6.45, 7) is 0. The van der Waals surface area contributed by atoms with Crippen LogP contribution in [-0.4, -0.2) is 16.6 Å². The van der Waals surface area contributed by atoms with E-state index in [1.165, 1.54) is 5.57 Å². The number of fused-ring (bicyclic) bond motifs is 1. The van der Waals surface area contributed by atoms with Crippen molar-refractivity contribution in [1.82, 2.24) is 5.01 Å². The molecule has 5 rings (SSSR count). The van der Waals surface area contributed by atoms with Crippen molar-refractivity contribution in [2.24, 2.45) is 11.0 Å². The number of carbonyl (C=O) groups excluding carboxylic acids is 1. The van der Waals surface area contributed by atoms with Gasteiger partial charge in [-0.1, -0.05) is 53.5 Å². The minimum absolute atomic E-state index is 0.115. The highest BCUT2D eigenvalue weighted by atomic mass is 35.5. The van der Waals surface area contributed by atoms with E-state index in [4.69, 9.17) is 28.3 Å². The van der Waals surface area contributed by atoms with Gasteiger partial charge in [-0.05, 0) is 83.8 Å². The van der Waals surface area contributed by atoms with Crippen molar-refractivity contribution in [1.29, 1.82) is 0 Å². The molecule has 6 heteroatoms. The van der Waals surface area contributed by atoms with E-state index in [9.17, 15) is 4.79 Å². The fraction of sp³-hybridized carbons (Fsp3) is 0.185. The maximum Gasteiger partial charge on any atom is 0.267 e. The van der Waals surface area contributed by atoms with Gasteiger partial charge in [0, 0.05) is 26.9 Å². The van der Waals surface area contributed by atoms with E-state index in [2.05, 4.69) is 6.08 Å². The first-order chi connectivity index (χ1) is 16.1. The Bertz CT molecular complexity index is 1230. The summed E-state index contributed by atoms with van der Waals surface area (Å²) in [5.41, 5.74) is 4.33. The Kier molecular flexibility index (Phi) is 6.50. The highest BCUT2D eigenvalue weighted by molar-refractivity contribution is 7.10. The van der Waals surface area contributed by atoms with Crippen molar-refractivity contribution in [3.63, 3.8) is 0 Å². The van der Waals surface area contributed by atoms with Gasteiger partial charge in [-0.25, -0.2) is 5.01 Å². The van der Waals surface area contributed by atoms with E-state index in [0.717, 1.165) is 41.0 Å². The first-order valence-electron chi connectivity index (χ1n) is 10.9. The third-order valence-corrected chi connectivity index (χ3v) is 7.42. The van der Waals surface area contributed by atoms with Gasteiger partial charge in [0.1, 0.15) is 0 Å². The summed E-state index contributed by atoms with van der Waals surface area (Å²) < 4.78 is 0. The average molecular weight is 493 g/mol. The molecular weight excluding hydrogens is 471 g/mol. The normalized spacial score (nSPS) is 21.5. The number of amides is 1. The molecule has 1 aliphatic carbocycles. The van der Waals surface area contributed by atoms with Gasteiger partial charge in [0.15, 0.2) is 0 Å². The Morgan fingerprint density at radius 2 is 1.76 bits per heavy atom. The second-order valence-corrected chi connectivity index (χ2v) is 10.1. The first kappa shape index (κ1) is 22.1. The van der Waals surface area contributed by atoms with E-state index < -0.39 is 0 Å². The van der Waals surface area contributed by atoms with E-state index in [1.54, 1.807) is 22.4 Å². The third kappa shape index (κ3) is 4.84. The molecule has 1 aromatic heterocycles. The number of allylic oxidation sites excluding steroid dienone is 1. The molecule has 166 valence electrons. The molecule has 3 nitrogen and oxygen atoms in total. The molecule has 1 fully saturated rings. The third-order valence-electron chi connectivity index (χ3n) is 6.08. The van der Waals surface area contributed by atoms with Gasteiger partial charge in [0.25, 0.3) is 5.91 Å². The molecule has 2 heterocycles. The molecule has 0 saturated heterocycles. The minimum Gasteiger partial charge on any atom is -0.268 e. The van der Waals surface area contributed by atoms with Crippen LogP contribution in [0.2, 0.25) is 10.0 Å². The number of carbonyl (C=O) groups is 1. The number of halogens is 2. The summed E-state index contributed by atoms with van der Waals surface area (Å²) in [6, 6.07) is 19.4. The Balaban J connectivity index is 1.52. The number of rotatable bonds is 4.